The second-order valence-corrected chi connectivity index (χ2v) is 7.28. The number of aromatic carboxylic acids is 1. The first-order valence-corrected chi connectivity index (χ1v) is 8.98. The van der Waals surface area contributed by atoms with E-state index in [1.807, 2.05) is 0 Å². The van der Waals surface area contributed by atoms with Crippen molar-refractivity contribution in [1.82, 2.24) is 4.83 Å². The number of hydrogen-bond acceptors (Lipinski definition) is 5. The van der Waals surface area contributed by atoms with Crippen molar-refractivity contribution in [2.24, 2.45) is 5.10 Å². The molecule has 3 rings (SSSR count). The molecule has 7 nitrogen and oxygen atoms in total. The van der Waals surface area contributed by atoms with Crippen molar-refractivity contribution in [2.75, 3.05) is 0 Å². The van der Waals surface area contributed by atoms with Crippen LogP contribution >= 0.6 is 0 Å². The number of aryl methyl sites for hydroxylation is 1. The van der Waals surface area contributed by atoms with Gasteiger partial charge in [-0.1, -0.05) is 0 Å². The van der Waals surface area contributed by atoms with Gasteiger partial charge in [0.15, 0.2) is 0 Å². The number of halogens is 1. The first kappa shape index (κ1) is 17.2. The second-order valence-electron chi connectivity index (χ2n) is 5.62. The molecule has 1 aliphatic rings. The van der Waals surface area contributed by atoms with Crippen molar-refractivity contribution in [3.05, 3.63) is 52.7 Å². The summed E-state index contributed by atoms with van der Waals surface area (Å²) in [6.07, 6.45) is 1.71. The molecule has 0 bridgehead atoms. The van der Waals surface area contributed by atoms with E-state index in [1.165, 1.54) is 0 Å². The highest BCUT2D eigenvalue weighted by Crippen LogP contribution is 2.29. The number of carboxylic acid groups (broad SMARTS) is 1. The summed E-state index contributed by atoms with van der Waals surface area (Å²) in [7, 11) is -3.95. The predicted octanol–water partition coefficient (Wildman–Crippen LogP) is 2.44. The molecule has 1 aliphatic carbocycles. The fourth-order valence-corrected chi connectivity index (χ4v) is 3.60. The minimum absolute atomic E-state index is 0.121. The number of nitrogens with zero attached hydrogens (tertiary/aromatic N) is 1. The monoisotopic (exact) mass is 366 g/mol. The van der Waals surface area contributed by atoms with Crippen LogP contribution in [0.2, 0.25) is 0 Å². The number of rotatable bonds is 4. The molecule has 0 saturated heterocycles. The Morgan fingerprint density at radius 3 is 2.60 bits per heavy atom. The number of hydrogen-bond donors (Lipinski definition) is 2. The summed E-state index contributed by atoms with van der Waals surface area (Å²) in [5, 5.41) is 13.1. The molecule has 0 saturated carbocycles. The van der Waals surface area contributed by atoms with Gasteiger partial charge in [0, 0.05) is 17.5 Å². The van der Waals surface area contributed by atoms with Crippen molar-refractivity contribution >= 4 is 21.7 Å². The predicted molar refractivity (Wildman–Crippen MR) is 86.6 cm³/mol. The molecule has 1 heterocycles. The van der Waals surface area contributed by atoms with E-state index in [-0.39, 0.29) is 10.7 Å². The minimum Gasteiger partial charge on any atom is -0.475 e. The fraction of sp³-hybridized carbons (Fsp3) is 0.250. The molecule has 1 aromatic carbocycles. The zero-order valence-electron chi connectivity index (χ0n) is 13.2. The van der Waals surface area contributed by atoms with Crippen LogP contribution in [0.3, 0.4) is 0 Å². The third-order valence-electron chi connectivity index (χ3n) is 3.94. The second kappa shape index (κ2) is 6.32. The quantitative estimate of drug-likeness (QED) is 0.808. The van der Waals surface area contributed by atoms with E-state index >= 15 is 0 Å². The summed E-state index contributed by atoms with van der Waals surface area (Å²) in [5.41, 5.74) is 1.37. The van der Waals surface area contributed by atoms with Crippen molar-refractivity contribution in [1.29, 1.82) is 0 Å². The van der Waals surface area contributed by atoms with Crippen LogP contribution in [-0.2, 0) is 16.4 Å². The smallest absolute Gasteiger partial charge is 0.372 e. The molecule has 0 amide bonds. The van der Waals surface area contributed by atoms with Gasteiger partial charge in [-0.25, -0.2) is 9.18 Å². The SMILES string of the molecule is Cc1c(C(=O)O)oc2c1/C(=N/NS(=O)(=O)c1ccc(F)cc1)CCC2. The van der Waals surface area contributed by atoms with E-state index in [2.05, 4.69) is 9.93 Å². The number of nitrogens with one attached hydrogen (secondary N) is 1. The number of furan rings is 1. The molecule has 1 aromatic heterocycles. The van der Waals surface area contributed by atoms with E-state index < -0.39 is 21.8 Å². The molecule has 0 aliphatic heterocycles. The van der Waals surface area contributed by atoms with Gasteiger partial charge < -0.3 is 9.52 Å². The van der Waals surface area contributed by atoms with E-state index in [9.17, 15) is 17.6 Å². The van der Waals surface area contributed by atoms with Gasteiger partial charge in [0.25, 0.3) is 10.0 Å². The van der Waals surface area contributed by atoms with Gasteiger partial charge >= 0.3 is 5.97 Å². The van der Waals surface area contributed by atoms with Crippen molar-refractivity contribution in [3.8, 4) is 0 Å². The Balaban J connectivity index is 1.94. The molecule has 2 aromatic rings. The Morgan fingerprint density at radius 2 is 1.96 bits per heavy atom. The van der Waals surface area contributed by atoms with Gasteiger partial charge in [-0.05, 0) is 44.0 Å². The number of hydrazone groups is 1. The molecule has 2 N–H and O–H groups in total. The fourth-order valence-electron chi connectivity index (χ4n) is 2.77. The van der Waals surface area contributed by atoms with Gasteiger partial charge in [0.05, 0.1) is 10.6 Å². The Bertz CT molecular complexity index is 961. The first-order valence-electron chi connectivity index (χ1n) is 7.49. The summed E-state index contributed by atoms with van der Waals surface area (Å²) in [4.78, 5) is 13.2. The Kier molecular flexibility index (Phi) is 4.34. The molecule has 0 fully saturated rings. The highest BCUT2D eigenvalue weighted by Gasteiger charge is 2.28. The minimum atomic E-state index is -3.95. The zero-order valence-corrected chi connectivity index (χ0v) is 14.1. The van der Waals surface area contributed by atoms with E-state index in [0.29, 0.717) is 41.9 Å². The molecule has 132 valence electrons. The van der Waals surface area contributed by atoms with E-state index in [4.69, 9.17) is 9.52 Å². The van der Waals surface area contributed by atoms with Crippen LogP contribution in [0.15, 0.2) is 38.7 Å². The van der Waals surface area contributed by atoms with Crippen LogP contribution < -0.4 is 4.83 Å². The number of sulfonamides is 1. The van der Waals surface area contributed by atoms with Gasteiger partial charge in [0.2, 0.25) is 5.76 Å². The summed E-state index contributed by atoms with van der Waals surface area (Å²) in [5.74, 6) is -1.41. The van der Waals surface area contributed by atoms with Crippen molar-refractivity contribution < 1.29 is 27.1 Å². The molecular formula is C16H15FN2O5S. The number of carbonyl (C=O) groups is 1. The lowest BCUT2D eigenvalue weighted by atomic mass is 9.93. The number of benzene rings is 1. The summed E-state index contributed by atoms with van der Waals surface area (Å²) in [6, 6.07) is 4.35. The topological polar surface area (TPSA) is 109 Å². The average molecular weight is 366 g/mol. The largest absolute Gasteiger partial charge is 0.475 e. The summed E-state index contributed by atoms with van der Waals surface area (Å²) >= 11 is 0. The van der Waals surface area contributed by atoms with Crippen molar-refractivity contribution in [2.45, 2.75) is 31.1 Å². The normalized spacial score (nSPS) is 15.8. The van der Waals surface area contributed by atoms with Gasteiger partial charge in [0.1, 0.15) is 11.6 Å². The third kappa shape index (κ3) is 3.27. The third-order valence-corrected chi connectivity index (χ3v) is 5.17. The lowest BCUT2D eigenvalue weighted by molar-refractivity contribution is 0.0659. The van der Waals surface area contributed by atoms with Crippen molar-refractivity contribution in [3.63, 3.8) is 0 Å². The Morgan fingerprint density at radius 1 is 1.28 bits per heavy atom. The van der Waals surface area contributed by atoms with Gasteiger partial charge in [-0.2, -0.15) is 18.4 Å². The van der Waals surface area contributed by atoms with Gasteiger partial charge in [-0.3, -0.25) is 0 Å². The highest BCUT2D eigenvalue weighted by molar-refractivity contribution is 7.89. The number of carboxylic acids is 1. The molecule has 25 heavy (non-hydrogen) atoms. The lowest BCUT2D eigenvalue weighted by Gasteiger charge is -2.14. The Labute approximate surface area is 143 Å². The standard InChI is InChI=1S/C16H15FN2O5S/c1-9-14-12(3-2-4-13(14)24-15(9)16(20)21)18-19-25(22,23)11-7-5-10(17)6-8-11/h5-8,19H,2-4H2,1H3,(H,20,21)/b18-12+. The summed E-state index contributed by atoms with van der Waals surface area (Å²) < 4.78 is 42.8. The molecule has 0 spiro atoms. The zero-order chi connectivity index (χ0) is 18.2. The van der Waals surface area contributed by atoms with Crippen LogP contribution in [0.4, 0.5) is 4.39 Å². The molecular weight excluding hydrogens is 351 g/mol. The molecule has 9 heteroatoms. The highest BCUT2D eigenvalue weighted by atomic mass is 32.2. The first-order chi connectivity index (χ1) is 11.8. The average Bonchev–Trinajstić information content (AvgIpc) is 2.91. The van der Waals surface area contributed by atoms with Crippen LogP contribution in [0.1, 0.15) is 40.3 Å². The van der Waals surface area contributed by atoms with E-state index in [1.54, 1.807) is 6.92 Å². The van der Waals surface area contributed by atoms with Crippen LogP contribution in [0.5, 0.6) is 0 Å². The van der Waals surface area contributed by atoms with Crippen LogP contribution in [0.25, 0.3) is 0 Å². The lowest BCUT2D eigenvalue weighted by Crippen LogP contribution is -2.22. The maximum atomic E-state index is 12.9. The number of fused-ring (bicyclic) bond motifs is 1. The molecule has 0 atom stereocenters. The molecule has 0 radical (unpaired) electrons. The Hall–Kier alpha value is -2.68. The van der Waals surface area contributed by atoms with Crippen LogP contribution in [-0.4, -0.2) is 25.2 Å². The summed E-state index contributed by atoms with van der Waals surface area (Å²) in [6.45, 7) is 1.60. The van der Waals surface area contributed by atoms with Crippen LogP contribution in [0, 0.1) is 12.7 Å². The van der Waals surface area contributed by atoms with E-state index in [0.717, 1.165) is 24.3 Å². The molecule has 0 unspecified atom stereocenters. The van der Waals surface area contributed by atoms with Gasteiger partial charge in [-0.15, -0.1) is 0 Å². The maximum Gasteiger partial charge on any atom is 0.372 e. The maximum absolute atomic E-state index is 12.9.